The lowest BCUT2D eigenvalue weighted by Gasteiger charge is -2.16. The molecule has 1 aliphatic heterocycles. The number of ether oxygens (including phenoxy) is 1. The van der Waals surface area contributed by atoms with Crippen molar-refractivity contribution >= 4 is 17.5 Å². The summed E-state index contributed by atoms with van der Waals surface area (Å²) in [5.41, 5.74) is 1.05. The molecule has 2 aromatic carbocycles. The normalized spacial score (nSPS) is 17.6. The van der Waals surface area contributed by atoms with E-state index in [2.05, 4.69) is 10.4 Å². The van der Waals surface area contributed by atoms with Crippen molar-refractivity contribution in [2.45, 2.75) is 31.8 Å². The molecule has 2 aliphatic rings. The van der Waals surface area contributed by atoms with E-state index in [1.54, 1.807) is 17.7 Å². The Morgan fingerprint density at radius 2 is 1.94 bits per heavy atom. The Kier molecular flexibility index (Phi) is 6.10. The largest absolute Gasteiger partial charge is 0.497 e. The van der Waals surface area contributed by atoms with Crippen molar-refractivity contribution in [3.05, 3.63) is 64.8 Å². The van der Waals surface area contributed by atoms with Crippen LogP contribution in [0.15, 0.2) is 53.3 Å². The van der Waals surface area contributed by atoms with Crippen molar-refractivity contribution in [3.8, 4) is 17.1 Å². The number of nitrogens with zero attached hydrogens (tertiary/aromatic N) is 4. The van der Waals surface area contributed by atoms with Crippen molar-refractivity contribution in [2.75, 3.05) is 25.1 Å². The molecule has 2 amide bonds. The summed E-state index contributed by atoms with van der Waals surface area (Å²) in [6.45, 7) is 0.598. The number of aromatic nitrogens is 3. The first-order valence-corrected chi connectivity index (χ1v) is 11.6. The van der Waals surface area contributed by atoms with Gasteiger partial charge in [-0.15, -0.1) is 5.10 Å². The molecule has 1 aliphatic carbocycles. The minimum atomic E-state index is -0.540. The predicted octanol–water partition coefficient (Wildman–Crippen LogP) is 2.36. The van der Waals surface area contributed by atoms with Gasteiger partial charge >= 0.3 is 5.69 Å². The van der Waals surface area contributed by atoms with Crippen LogP contribution in [0.1, 0.15) is 25.3 Å². The Bertz CT molecular complexity index is 1310. The smallest absolute Gasteiger partial charge is 0.346 e. The second kappa shape index (κ2) is 9.36. The number of rotatable bonds is 8. The zero-order chi connectivity index (χ0) is 24.5. The number of methoxy groups -OCH3 is 1. The van der Waals surface area contributed by atoms with Crippen LogP contribution in [-0.2, 0) is 16.1 Å². The molecule has 1 atom stereocenters. The van der Waals surface area contributed by atoms with E-state index in [4.69, 9.17) is 4.74 Å². The molecular formula is C25H26FN5O4. The number of hydrogen-bond acceptors (Lipinski definition) is 5. The van der Waals surface area contributed by atoms with E-state index in [-0.39, 0.29) is 49.6 Å². The molecule has 1 saturated carbocycles. The van der Waals surface area contributed by atoms with Crippen LogP contribution < -0.4 is 20.6 Å². The summed E-state index contributed by atoms with van der Waals surface area (Å²) in [5, 5.41) is 7.36. The Morgan fingerprint density at radius 3 is 2.63 bits per heavy atom. The SMILES string of the molecule is COc1ccc(-c2nn(CCNC(=O)C3CC(=O)N(c4cccc(F)c4)C3)c(=O)n2C2CC2)cc1. The summed E-state index contributed by atoms with van der Waals surface area (Å²) in [5.74, 6) is -0.160. The lowest BCUT2D eigenvalue weighted by Crippen LogP contribution is -2.36. The highest BCUT2D eigenvalue weighted by atomic mass is 19.1. The van der Waals surface area contributed by atoms with Gasteiger partial charge in [0.25, 0.3) is 0 Å². The molecule has 2 heterocycles. The number of anilines is 1. The third-order valence-corrected chi connectivity index (χ3v) is 6.37. The quantitative estimate of drug-likeness (QED) is 0.535. The van der Waals surface area contributed by atoms with E-state index in [0.29, 0.717) is 11.5 Å². The number of halogens is 1. The number of amides is 2. The first kappa shape index (κ1) is 22.8. The number of hydrogen-bond donors (Lipinski definition) is 1. The van der Waals surface area contributed by atoms with Gasteiger partial charge < -0.3 is 15.0 Å². The van der Waals surface area contributed by atoms with Crippen LogP contribution >= 0.6 is 0 Å². The van der Waals surface area contributed by atoms with Crippen molar-refractivity contribution < 1.29 is 18.7 Å². The van der Waals surface area contributed by atoms with Gasteiger partial charge in [-0.2, -0.15) is 0 Å². The van der Waals surface area contributed by atoms with Crippen LogP contribution in [0.5, 0.6) is 5.75 Å². The van der Waals surface area contributed by atoms with Crippen molar-refractivity contribution in [1.82, 2.24) is 19.7 Å². The lowest BCUT2D eigenvalue weighted by atomic mass is 10.1. The van der Waals surface area contributed by atoms with Crippen LogP contribution in [0.2, 0.25) is 0 Å². The molecule has 0 radical (unpaired) electrons. The van der Waals surface area contributed by atoms with E-state index >= 15 is 0 Å². The molecule has 182 valence electrons. The second-order valence-electron chi connectivity index (χ2n) is 8.84. The number of carbonyl (C=O) groups excluding carboxylic acids is 2. The molecule has 1 unspecified atom stereocenters. The van der Waals surface area contributed by atoms with E-state index in [1.165, 1.54) is 27.8 Å². The highest BCUT2D eigenvalue weighted by molar-refractivity contribution is 6.00. The molecule has 3 aromatic rings. The van der Waals surface area contributed by atoms with E-state index in [9.17, 15) is 18.8 Å². The summed E-state index contributed by atoms with van der Waals surface area (Å²) in [6, 6.07) is 13.3. The minimum Gasteiger partial charge on any atom is -0.497 e. The number of carbonyl (C=O) groups is 2. The third-order valence-electron chi connectivity index (χ3n) is 6.37. The molecule has 1 aromatic heterocycles. The van der Waals surface area contributed by atoms with Crippen molar-refractivity contribution in [3.63, 3.8) is 0 Å². The Hall–Kier alpha value is -3.95. The highest BCUT2D eigenvalue weighted by Crippen LogP contribution is 2.36. The van der Waals surface area contributed by atoms with Crippen molar-refractivity contribution in [1.29, 1.82) is 0 Å². The maximum Gasteiger partial charge on any atom is 0.346 e. The molecule has 1 N–H and O–H groups in total. The summed E-state index contributed by atoms with van der Waals surface area (Å²) in [7, 11) is 1.60. The van der Waals surface area contributed by atoms with Crippen LogP contribution in [0.4, 0.5) is 10.1 Å². The topological polar surface area (TPSA) is 98.5 Å². The lowest BCUT2D eigenvalue weighted by molar-refractivity contribution is -0.126. The maximum atomic E-state index is 13.5. The first-order chi connectivity index (χ1) is 16.9. The Labute approximate surface area is 201 Å². The summed E-state index contributed by atoms with van der Waals surface area (Å²) in [4.78, 5) is 39.5. The van der Waals surface area contributed by atoms with Gasteiger partial charge in [0.2, 0.25) is 11.8 Å². The summed E-state index contributed by atoms with van der Waals surface area (Å²) in [6.07, 6.45) is 1.92. The second-order valence-corrected chi connectivity index (χ2v) is 8.84. The van der Waals surface area contributed by atoms with E-state index < -0.39 is 11.7 Å². The molecule has 0 bridgehead atoms. The van der Waals surface area contributed by atoms with Gasteiger partial charge in [0.15, 0.2) is 5.82 Å². The van der Waals surface area contributed by atoms with Gasteiger partial charge in [-0.3, -0.25) is 14.2 Å². The summed E-state index contributed by atoms with van der Waals surface area (Å²) >= 11 is 0. The molecule has 2 fully saturated rings. The average Bonchev–Trinajstić information content (AvgIpc) is 3.54. The molecule has 1 saturated heterocycles. The van der Waals surface area contributed by atoms with E-state index in [0.717, 1.165) is 24.2 Å². The van der Waals surface area contributed by atoms with Gasteiger partial charge in [-0.1, -0.05) is 6.07 Å². The fourth-order valence-corrected chi connectivity index (χ4v) is 4.37. The Morgan fingerprint density at radius 1 is 1.17 bits per heavy atom. The van der Waals surface area contributed by atoms with Gasteiger partial charge in [-0.25, -0.2) is 13.9 Å². The third kappa shape index (κ3) is 4.68. The standard InChI is InChI=1S/C25H26FN5O4/c1-35-21-9-5-16(6-10-21)23-28-30(25(34)31(23)19-7-8-19)12-11-27-24(33)17-13-22(32)29(15-17)20-4-2-3-18(26)14-20/h2-6,9-10,14,17,19H,7-8,11-13,15H2,1H3,(H,27,33). The van der Waals surface area contributed by atoms with Crippen molar-refractivity contribution in [2.24, 2.45) is 5.92 Å². The minimum absolute atomic E-state index is 0.0558. The van der Waals surface area contributed by atoms with Gasteiger partial charge in [0.1, 0.15) is 11.6 Å². The average molecular weight is 480 g/mol. The Balaban J connectivity index is 1.23. The number of benzene rings is 2. The van der Waals surface area contributed by atoms with E-state index in [1.807, 2.05) is 24.3 Å². The first-order valence-electron chi connectivity index (χ1n) is 11.6. The maximum absolute atomic E-state index is 13.5. The van der Waals surface area contributed by atoms with Gasteiger partial charge in [0, 0.05) is 36.8 Å². The fraction of sp³-hybridized carbons (Fsp3) is 0.360. The molecule has 9 nitrogen and oxygen atoms in total. The molecule has 35 heavy (non-hydrogen) atoms. The van der Waals surface area contributed by atoms with Crippen LogP contribution in [0.3, 0.4) is 0 Å². The zero-order valence-corrected chi connectivity index (χ0v) is 19.3. The molecule has 5 rings (SSSR count). The van der Waals surface area contributed by atoms with Gasteiger partial charge in [-0.05, 0) is 55.3 Å². The van der Waals surface area contributed by atoms with Crippen LogP contribution in [0, 0.1) is 11.7 Å². The number of nitrogens with one attached hydrogen (secondary N) is 1. The predicted molar refractivity (Wildman–Crippen MR) is 127 cm³/mol. The van der Waals surface area contributed by atoms with Gasteiger partial charge in [0.05, 0.1) is 19.6 Å². The molecule has 10 heteroatoms. The fourth-order valence-electron chi connectivity index (χ4n) is 4.37. The van der Waals surface area contributed by atoms with Crippen LogP contribution in [0.25, 0.3) is 11.4 Å². The molecular weight excluding hydrogens is 453 g/mol. The highest BCUT2D eigenvalue weighted by Gasteiger charge is 2.35. The zero-order valence-electron chi connectivity index (χ0n) is 19.3. The van der Waals surface area contributed by atoms with Crippen LogP contribution in [-0.4, -0.2) is 46.4 Å². The molecule has 0 spiro atoms. The summed E-state index contributed by atoms with van der Waals surface area (Å²) < 4.78 is 21.8. The monoisotopic (exact) mass is 479 g/mol.